The zero-order chi connectivity index (χ0) is 10.3. The summed E-state index contributed by atoms with van der Waals surface area (Å²) < 4.78 is 6.80. The molecule has 2 rings (SSSR count). The van der Waals surface area contributed by atoms with E-state index in [2.05, 4.69) is 31.9 Å². The van der Waals surface area contributed by atoms with Gasteiger partial charge < -0.3 is 15.3 Å². The van der Waals surface area contributed by atoms with Gasteiger partial charge in [-0.25, -0.2) is 0 Å². The van der Waals surface area contributed by atoms with E-state index in [1.807, 2.05) is 0 Å². The van der Waals surface area contributed by atoms with Gasteiger partial charge in [0, 0.05) is 12.0 Å². The van der Waals surface area contributed by atoms with Crippen molar-refractivity contribution in [1.82, 2.24) is 0 Å². The number of aliphatic hydroxyl groups is 1. The first kappa shape index (κ1) is 10.7. The lowest BCUT2D eigenvalue weighted by molar-refractivity contribution is 0.0747. The van der Waals surface area contributed by atoms with Crippen molar-refractivity contribution in [3.63, 3.8) is 0 Å². The minimum atomic E-state index is -0.588. The molecule has 78 valence electrons. The van der Waals surface area contributed by atoms with Gasteiger partial charge in [0.25, 0.3) is 0 Å². The molecule has 0 aromatic carbocycles. The zero-order valence-electron chi connectivity index (χ0n) is 7.46. The average Bonchev–Trinajstić information content (AvgIpc) is 2.90. The van der Waals surface area contributed by atoms with Crippen molar-refractivity contribution in [1.29, 1.82) is 0 Å². The van der Waals surface area contributed by atoms with E-state index in [9.17, 15) is 5.11 Å². The van der Waals surface area contributed by atoms with Crippen molar-refractivity contribution in [3.8, 4) is 0 Å². The Labute approximate surface area is 98.9 Å². The molecule has 5 heteroatoms. The standard InChI is InChI=1S/C9H11Br2NO2/c10-5-3-6(14-8(5)11)7(13)9(4-12)1-2-9/h3,7,13H,1-2,4,12H2. The van der Waals surface area contributed by atoms with Gasteiger partial charge in [0.2, 0.25) is 0 Å². The van der Waals surface area contributed by atoms with Crippen molar-refractivity contribution < 1.29 is 9.52 Å². The molecule has 0 aliphatic heterocycles. The van der Waals surface area contributed by atoms with Gasteiger partial charge in [-0.05, 0) is 50.8 Å². The van der Waals surface area contributed by atoms with E-state index < -0.39 is 6.10 Å². The molecule has 0 radical (unpaired) electrons. The number of halogens is 2. The first-order valence-corrected chi connectivity index (χ1v) is 6.00. The predicted octanol–water partition coefficient (Wildman–Crippen LogP) is 2.58. The van der Waals surface area contributed by atoms with Crippen LogP contribution >= 0.6 is 31.9 Å². The fourth-order valence-corrected chi connectivity index (χ4v) is 2.16. The Balaban J connectivity index is 2.23. The van der Waals surface area contributed by atoms with Gasteiger partial charge in [-0.2, -0.15) is 0 Å². The first-order chi connectivity index (χ1) is 6.59. The lowest BCUT2D eigenvalue weighted by atomic mass is 9.97. The zero-order valence-corrected chi connectivity index (χ0v) is 10.6. The van der Waals surface area contributed by atoms with E-state index >= 15 is 0 Å². The Morgan fingerprint density at radius 1 is 1.57 bits per heavy atom. The van der Waals surface area contributed by atoms with Crippen LogP contribution in [0.2, 0.25) is 0 Å². The third-order valence-corrected chi connectivity index (χ3v) is 4.52. The molecule has 1 aliphatic carbocycles. The number of hydrogen-bond acceptors (Lipinski definition) is 3. The molecule has 0 saturated heterocycles. The monoisotopic (exact) mass is 323 g/mol. The highest BCUT2D eigenvalue weighted by Gasteiger charge is 2.49. The lowest BCUT2D eigenvalue weighted by Crippen LogP contribution is -2.23. The average molecular weight is 325 g/mol. The van der Waals surface area contributed by atoms with E-state index in [1.54, 1.807) is 6.07 Å². The van der Waals surface area contributed by atoms with Gasteiger partial charge in [-0.3, -0.25) is 0 Å². The fourth-order valence-electron chi connectivity index (χ4n) is 1.55. The Hall–Kier alpha value is 0.160. The second kappa shape index (κ2) is 3.63. The van der Waals surface area contributed by atoms with Gasteiger partial charge in [-0.1, -0.05) is 0 Å². The normalized spacial score (nSPS) is 20.9. The van der Waals surface area contributed by atoms with Crippen LogP contribution in [0.3, 0.4) is 0 Å². The van der Waals surface area contributed by atoms with Crippen LogP contribution in [0, 0.1) is 5.41 Å². The summed E-state index contributed by atoms with van der Waals surface area (Å²) >= 11 is 6.55. The molecule has 14 heavy (non-hydrogen) atoms. The molecule has 1 heterocycles. The van der Waals surface area contributed by atoms with Gasteiger partial charge >= 0.3 is 0 Å². The van der Waals surface area contributed by atoms with Crippen molar-refractivity contribution in [2.45, 2.75) is 18.9 Å². The Morgan fingerprint density at radius 3 is 2.57 bits per heavy atom. The van der Waals surface area contributed by atoms with Gasteiger partial charge in [0.15, 0.2) is 4.67 Å². The highest BCUT2D eigenvalue weighted by Crippen LogP contribution is 2.54. The molecule has 1 saturated carbocycles. The largest absolute Gasteiger partial charge is 0.450 e. The molecule has 3 N–H and O–H groups in total. The number of hydrogen-bond donors (Lipinski definition) is 2. The van der Waals surface area contributed by atoms with Crippen molar-refractivity contribution in [3.05, 3.63) is 21.0 Å². The lowest BCUT2D eigenvalue weighted by Gasteiger charge is -2.17. The van der Waals surface area contributed by atoms with Gasteiger partial charge in [0.1, 0.15) is 11.9 Å². The SMILES string of the molecule is NCC1(C(O)c2cc(Br)c(Br)o2)CC1. The summed E-state index contributed by atoms with van der Waals surface area (Å²) in [6.07, 6.45) is 1.36. The maximum absolute atomic E-state index is 10.0. The minimum Gasteiger partial charge on any atom is -0.450 e. The van der Waals surface area contributed by atoms with Crippen LogP contribution in [0.1, 0.15) is 24.7 Å². The molecule has 0 bridgehead atoms. The predicted molar refractivity (Wildman–Crippen MR) is 59.8 cm³/mol. The summed E-state index contributed by atoms with van der Waals surface area (Å²) in [4.78, 5) is 0. The van der Waals surface area contributed by atoms with E-state index in [-0.39, 0.29) is 5.41 Å². The molecule has 3 nitrogen and oxygen atoms in total. The number of rotatable bonds is 3. The molecule has 1 fully saturated rings. The highest BCUT2D eigenvalue weighted by atomic mass is 79.9. The van der Waals surface area contributed by atoms with Crippen LogP contribution in [0.5, 0.6) is 0 Å². The van der Waals surface area contributed by atoms with Crippen LogP contribution in [0.15, 0.2) is 19.6 Å². The van der Waals surface area contributed by atoms with E-state index in [0.717, 1.165) is 17.3 Å². The third kappa shape index (κ3) is 1.66. The molecule has 0 spiro atoms. The van der Waals surface area contributed by atoms with Crippen LogP contribution in [0.4, 0.5) is 0 Å². The van der Waals surface area contributed by atoms with Crippen molar-refractivity contribution in [2.24, 2.45) is 11.1 Å². The molecule has 1 aromatic heterocycles. The molecule has 1 atom stereocenters. The number of furan rings is 1. The Bertz CT molecular complexity index is 327. The summed E-state index contributed by atoms with van der Waals surface area (Å²) in [6.45, 7) is 0.504. The van der Waals surface area contributed by atoms with Crippen molar-refractivity contribution >= 4 is 31.9 Å². The first-order valence-electron chi connectivity index (χ1n) is 4.42. The van der Waals surface area contributed by atoms with Crippen LogP contribution in [-0.2, 0) is 0 Å². The number of aliphatic hydroxyl groups excluding tert-OH is 1. The van der Waals surface area contributed by atoms with Crippen LogP contribution in [-0.4, -0.2) is 11.7 Å². The van der Waals surface area contributed by atoms with Crippen LogP contribution < -0.4 is 5.73 Å². The molecular weight excluding hydrogens is 314 g/mol. The second-order valence-electron chi connectivity index (χ2n) is 3.74. The van der Waals surface area contributed by atoms with E-state index in [1.165, 1.54) is 0 Å². The molecule has 1 aliphatic rings. The maximum atomic E-state index is 10.0. The van der Waals surface area contributed by atoms with Gasteiger partial charge in [0.05, 0.1) is 4.47 Å². The fraction of sp³-hybridized carbons (Fsp3) is 0.556. The summed E-state index contributed by atoms with van der Waals surface area (Å²) in [5.41, 5.74) is 5.48. The third-order valence-electron chi connectivity index (χ3n) is 2.81. The van der Waals surface area contributed by atoms with E-state index in [0.29, 0.717) is 17.0 Å². The topological polar surface area (TPSA) is 59.4 Å². The Kier molecular flexibility index (Phi) is 2.76. The quantitative estimate of drug-likeness (QED) is 0.898. The molecule has 1 unspecified atom stereocenters. The maximum Gasteiger partial charge on any atom is 0.183 e. The van der Waals surface area contributed by atoms with Crippen LogP contribution in [0.25, 0.3) is 0 Å². The smallest absolute Gasteiger partial charge is 0.183 e. The summed E-state index contributed by atoms with van der Waals surface area (Å²) in [5.74, 6) is 0.576. The second-order valence-corrected chi connectivity index (χ2v) is 5.31. The Morgan fingerprint density at radius 2 is 2.21 bits per heavy atom. The molecule has 1 aromatic rings. The van der Waals surface area contributed by atoms with Crippen molar-refractivity contribution in [2.75, 3.05) is 6.54 Å². The van der Waals surface area contributed by atoms with E-state index in [4.69, 9.17) is 10.2 Å². The number of nitrogens with two attached hydrogens (primary N) is 1. The molecular formula is C9H11Br2NO2. The summed E-state index contributed by atoms with van der Waals surface area (Å²) in [5, 5.41) is 10.0. The molecule has 0 amide bonds. The highest BCUT2D eigenvalue weighted by molar-refractivity contribution is 9.13. The van der Waals surface area contributed by atoms with Gasteiger partial charge in [-0.15, -0.1) is 0 Å². The minimum absolute atomic E-state index is 0.142. The summed E-state index contributed by atoms with van der Waals surface area (Å²) in [7, 11) is 0. The summed E-state index contributed by atoms with van der Waals surface area (Å²) in [6, 6.07) is 1.78.